The van der Waals surface area contributed by atoms with Crippen LogP contribution in [0.5, 0.6) is 5.75 Å². The normalized spacial score (nSPS) is 10.8. The fourth-order valence-corrected chi connectivity index (χ4v) is 1.55. The van der Waals surface area contributed by atoms with Gasteiger partial charge in [-0.3, -0.25) is 0 Å². The monoisotopic (exact) mass is 231 g/mol. The molecule has 1 heterocycles. The van der Waals surface area contributed by atoms with Crippen LogP contribution in [-0.4, -0.2) is 14.8 Å². The molecule has 17 heavy (non-hydrogen) atoms. The van der Waals surface area contributed by atoms with E-state index < -0.39 is 0 Å². The maximum absolute atomic E-state index is 5.70. The molecule has 0 unspecified atom stereocenters. The van der Waals surface area contributed by atoms with Crippen molar-refractivity contribution in [3.63, 3.8) is 0 Å². The van der Waals surface area contributed by atoms with E-state index in [1.165, 1.54) is 5.56 Å². The second kappa shape index (κ2) is 4.99. The van der Waals surface area contributed by atoms with Gasteiger partial charge < -0.3 is 9.30 Å². The predicted molar refractivity (Wildman–Crippen MR) is 65.9 cm³/mol. The van der Waals surface area contributed by atoms with Gasteiger partial charge in [-0.05, 0) is 23.6 Å². The molecule has 0 atom stereocenters. The van der Waals surface area contributed by atoms with Crippen LogP contribution in [0.3, 0.4) is 0 Å². The average molecular weight is 231 g/mol. The minimum Gasteiger partial charge on any atom is -0.486 e. The summed E-state index contributed by atoms with van der Waals surface area (Å²) in [6.07, 6.45) is 1.67. The van der Waals surface area contributed by atoms with Crippen LogP contribution in [0, 0.1) is 0 Å². The molecule has 0 aliphatic heterocycles. The van der Waals surface area contributed by atoms with Crippen LogP contribution in [0.2, 0.25) is 0 Å². The minimum atomic E-state index is 0.443. The number of rotatable bonds is 4. The molecule has 0 saturated heterocycles. The lowest BCUT2D eigenvalue weighted by Crippen LogP contribution is -2.03. The lowest BCUT2D eigenvalue weighted by Gasteiger charge is -2.09. The third-order valence-corrected chi connectivity index (χ3v) is 2.70. The van der Waals surface area contributed by atoms with Crippen LogP contribution < -0.4 is 4.74 Å². The molecule has 1 aromatic heterocycles. The Labute approximate surface area is 101 Å². The van der Waals surface area contributed by atoms with E-state index in [1.54, 1.807) is 6.33 Å². The van der Waals surface area contributed by atoms with E-state index in [2.05, 4.69) is 36.2 Å². The van der Waals surface area contributed by atoms with E-state index in [-0.39, 0.29) is 0 Å². The van der Waals surface area contributed by atoms with Gasteiger partial charge in [0.1, 0.15) is 18.7 Å². The first-order valence-electron chi connectivity index (χ1n) is 5.72. The van der Waals surface area contributed by atoms with Crippen molar-refractivity contribution in [2.75, 3.05) is 0 Å². The second-order valence-electron chi connectivity index (χ2n) is 4.37. The SMILES string of the molecule is CC(C)c1cccc(OCc2nncn2C)c1. The maximum Gasteiger partial charge on any atom is 0.170 e. The smallest absolute Gasteiger partial charge is 0.170 e. The van der Waals surface area contributed by atoms with Crippen molar-refractivity contribution in [2.24, 2.45) is 7.05 Å². The van der Waals surface area contributed by atoms with Crippen molar-refractivity contribution in [2.45, 2.75) is 26.4 Å². The number of aryl methyl sites for hydroxylation is 1. The van der Waals surface area contributed by atoms with Gasteiger partial charge in [-0.2, -0.15) is 0 Å². The highest BCUT2D eigenvalue weighted by Gasteiger charge is 2.04. The summed E-state index contributed by atoms with van der Waals surface area (Å²) >= 11 is 0. The Balaban J connectivity index is 2.04. The number of hydrogen-bond donors (Lipinski definition) is 0. The Hall–Kier alpha value is -1.84. The lowest BCUT2D eigenvalue weighted by atomic mass is 10.0. The highest BCUT2D eigenvalue weighted by Crippen LogP contribution is 2.20. The fraction of sp³-hybridized carbons (Fsp3) is 0.385. The minimum absolute atomic E-state index is 0.443. The van der Waals surface area contributed by atoms with E-state index in [1.807, 2.05) is 23.7 Å². The molecule has 0 fully saturated rings. The average Bonchev–Trinajstić information content (AvgIpc) is 2.72. The van der Waals surface area contributed by atoms with Crippen LogP contribution in [0.15, 0.2) is 30.6 Å². The Morgan fingerprint density at radius 3 is 2.82 bits per heavy atom. The maximum atomic E-state index is 5.70. The molecule has 4 heteroatoms. The van der Waals surface area contributed by atoms with Gasteiger partial charge in [-0.15, -0.1) is 10.2 Å². The van der Waals surface area contributed by atoms with E-state index in [0.717, 1.165) is 11.6 Å². The summed E-state index contributed by atoms with van der Waals surface area (Å²) < 4.78 is 7.55. The van der Waals surface area contributed by atoms with Crippen LogP contribution in [0.4, 0.5) is 0 Å². The molecule has 2 aromatic rings. The Kier molecular flexibility index (Phi) is 3.42. The fourth-order valence-electron chi connectivity index (χ4n) is 1.55. The van der Waals surface area contributed by atoms with E-state index >= 15 is 0 Å². The van der Waals surface area contributed by atoms with E-state index in [9.17, 15) is 0 Å². The zero-order valence-corrected chi connectivity index (χ0v) is 10.4. The zero-order chi connectivity index (χ0) is 12.3. The van der Waals surface area contributed by atoms with Gasteiger partial charge in [0.2, 0.25) is 0 Å². The largest absolute Gasteiger partial charge is 0.486 e. The Morgan fingerprint density at radius 2 is 2.18 bits per heavy atom. The second-order valence-corrected chi connectivity index (χ2v) is 4.37. The molecule has 90 valence electrons. The summed E-state index contributed by atoms with van der Waals surface area (Å²) in [6.45, 7) is 4.78. The zero-order valence-electron chi connectivity index (χ0n) is 10.4. The molecule has 2 rings (SSSR count). The summed E-state index contributed by atoms with van der Waals surface area (Å²) in [5.41, 5.74) is 1.28. The number of nitrogens with zero attached hydrogens (tertiary/aromatic N) is 3. The lowest BCUT2D eigenvalue weighted by molar-refractivity contribution is 0.291. The molecular formula is C13H17N3O. The molecule has 0 aliphatic rings. The van der Waals surface area contributed by atoms with Gasteiger partial charge in [-0.25, -0.2) is 0 Å². The molecule has 0 saturated carbocycles. The number of aromatic nitrogens is 3. The first kappa shape index (κ1) is 11.6. The predicted octanol–water partition coefficient (Wildman–Crippen LogP) is 2.52. The molecule has 4 nitrogen and oxygen atoms in total. The third-order valence-electron chi connectivity index (χ3n) is 2.70. The number of hydrogen-bond acceptors (Lipinski definition) is 3. The van der Waals surface area contributed by atoms with Gasteiger partial charge in [0.15, 0.2) is 5.82 Å². The van der Waals surface area contributed by atoms with Crippen molar-refractivity contribution in [1.29, 1.82) is 0 Å². The van der Waals surface area contributed by atoms with Crippen LogP contribution in [-0.2, 0) is 13.7 Å². The quantitative estimate of drug-likeness (QED) is 0.811. The van der Waals surface area contributed by atoms with Crippen LogP contribution >= 0.6 is 0 Å². The highest BCUT2D eigenvalue weighted by molar-refractivity contribution is 5.30. The molecule has 0 aliphatic carbocycles. The molecule has 0 radical (unpaired) electrons. The van der Waals surface area contributed by atoms with Crippen molar-refractivity contribution < 1.29 is 4.74 Å². The van der Waals surface area contributed by atoms with Gasteiger partial charge in [0, 0.05) is 7.05 Å². The highest BCUT2D eigenvalue weighted by atomic mass is 16.5. The van der Waals surface area contributed by atoms with Crippen LogP contribution in [0.1, 0.15) is 31.2 Å². The summed E-state index contributed by atoms with van der Waals surface area (Å²) in [5, 5.41) is 7.79. The van der Waals surface area contributed by atoms with Crippen LogP contribution in [0.25, 0.3) is 0 Å². The molecule has 0 N–H and O–H groups in total. The summed E-state index contributed by atoms with van der Waals surface area (Å²) in [5.74, 6) is 2.20. The van der Waals surface area contributed by atoms with Crippen molar-refractivity contribution in [3.8, 4) is 5.75 Å². The molecule has 0 spiro atoms. The summed E-state index contributed by atoms with van der Waals surface area (Å²) in [4.78, 5) is 0. The Morgan fingerprint density at radius 1 is 1.35 bits per heavy atom. The molecular weight excluding hydrogens is 214 g/mol. The van der Waals surface area contributed by atoms with Gasteiger partial charge in [0.05, 0.1) is 0 Å². The van der Waals surface area contributed by atoms with E-state index in [0.29, 0.717) is 12.5 Å². The van der Waals surface area contributed by atoms with Gasteiger partial charge in [-0.1, -0.05) is 26.0 Å². The first-order chi connectivity index (χ1) is 8.16. The summed E-state index contributed by atoms with van der Waals surface area (Å²) in [6, 6.07) is 8.16. The van der Waals surface area contributed by atoms with Gasteiger partial charge >= 0.3 is 0 Å². The third kappa shape index (κ3) is 2.84. The van der Waals surface area contributed by atoms with Crippen molar-refractivity contribution in [3.05, 3.63) is 42.0 Å². The topological polar surface area (TPSA) is 39.9 Å². The van der Waals surface area contributed by atoms with Crippen molar-refractivity contribution in [1.82, 2.24) is 14.8 Å². The van der Waals surface area contributed by atoms with Crippen molar-refractivity contribution >= 4 is 0 Å². The summed E-state index contributed by atoms with van der Waals surface area (Å²) in [7, 11) is 1.91. The Bertz CT molecular complexity index is 491. The standard InChI is InChI=1S/C13H17N3O/c1-10(2)11-5-4-6-12(7-11)17-8-13-15-14-9-16(13)3/h4-7,9-10H,8H2,1-3H3. The van der Waals surface area contributed by atoms with E-state index in [4.69, 9.17) is 4.74 Å². The van der Waals surface area contributed by atoms with Gasteiger partial charge in [0.25, 0.3) is 0 Å². The number of ether oxygens (including phenoxy) is 1. The first-order valence-corrected chi connectivity index (χ1v) is 5.72. The molecule has 1 aromatic carbocycles. The molecule has 0 amide bonds. The number of benzene rings is 1. The molecule has 0 bridgehead atoms.